The van der Waals surface area contributed by atoms with Gasteiger partial charge in [-0.1, -0.05) is 0 Å². The number of nitrogens with one attached hydrogen (secondary N) is 2. The summed E-state index contributed by atoms with van der Waals surface area (Å²) in [6.07, 6.45) is 3.63. The fourth-order valence-corrected chi connectivity index (χ4v) is 3.36. The summed E-state index contributed by atoms with van der Waals surface area (Å²) in [5.74, 6) is -2.84. The number of H-pyrrole nitrogens is 1. The lowest BCUT2D eigenvalue weighted by atomic mass is 9.92. The summed E-state index contributed by atoms with van der Waals surface area (Å²) in [5.41, 5.74) is 2.05. The maximum absolute atomic E-state index is 13.5. The van der Waals surface area contributed by atoms with Crippen LogP contribution in [0, 0.1) is 17.5 Å². The van der Waals surface area contributed by atoms with E-state index in [2.05, 4.69) is 27.2 Å². The van der Waals surface area contributed by atoms with Gasteiger partial charge in [0.05, 0.1) is 17.2 Å². The first-order chi connectivity index (χ1) is 12.0. The molecule has 5 nitrogen and oxygen atoms in total. The summed E-state index contributed by atoms with van der Waals surface area (Å²) in [6, 6.07) is 4.06. The van der Waals surface area contributed by atoms with Gasteiger partial charge in [-0.2, -0.15) is 0 Å². The van der Waals surface area contributed by atoms with Gasteiger partial charge >= 0.3 is 0 Å². The molecule has 1 saturated heterocycles. The van der Waals surface area contributed by atoms with Crippen molar-refractivity contribution in [1.29, 1.82) is 0 Å². The highest BCUT2D eigenvalue weighted by atomic mass is 35.5. The minimum absolute atomic E-state index is 0. The molecule has 0 bridgehead atoms. The zero-order valence-corrected chi connectivity index (χ0v) is 15.3. The number of halogens is 4. The van der Waals surface area contributed by atoms with E-state index < -0.39 is 17.5 Å². The molecule has 2 unspecified atom stereocenters. The molecule has 1 aliphatic rings. The molecule has 0 spiro atoms. The first-order valence-corrected chi connectivity index (χ1v) is 8.25. The first kappa shape index (κ1) is 21.1. The molecule has 0 amide bonds. The van der Waals surface area contributed by atoms with E-state index in [1.54, 1.807) is 12.3 Å². The minimum Gasteiger partial charge on any atom is -0.412 e. The molecule has 9 heteroatoms. The van der Waals surface area contributed by atoms with Crippen LogP contribution in [-0.2, 0) is 0 Å². The number of aromatic nitrogens is 3. The summed E-state index contributed by atoms with van der Waals surface area (Å²) in [6.45, 7) is 3.07. The van der Waals surface area contributed by atoms with Gasteiger partial charge in [-0.25, -0.2) is 23.1 Å². The number of fused-ring (bicyclic) bond motifs is 1. The van der Waals surface area contributed by atoms with Gasteiger partial charge in [0.25, 0.3) is 0 Å². The molecule has 0 saturated carbocycles. The van der Waals surface area contributed by atoms with Gasteiger partial charge in [-0.05, 0) is 44.5 Å². The Kier molecular flexibility index (Phi) is 6.46. The molecule has 27 heavy (non-hydrogen) atoms. The summed E-state index contributed by atoms with van der Waals surface area (Å²) < 4.78 is 40.1. The second kappa shape index (κ2) is 8.24. The zero-order chi connectivity index (χ0) is 17.6. The van der Waals surface area contributed by atoms with Crippen molar-refractivity contribution in [2.75, 3.05) is 6.54 Å². The van der Waals surface area contributed by atoms with Crippen molar-refractivity contribution in [2.45, 2.75) is 31.7 Å². The average molecular weight is 401 g/mol. The van der Waals surface area contributed by atoms with Gasteiger partial charge in [-0.15, -0.1) is 12.4 Å². The van der Waals surface area contributed by atoms with Crippen molar-refractivity contribution in [3.05, 3.63) is 47.7 Å². The summed E-state index contributed by atoms with van der Waals surface area (Å²) in [7, 11) is 0. The van der Waals surface area contributed by atoms with Gasteiger partial charge in [0.1, 0.15) is 5.82 Å². The van der Waals surface area contributed by atoms with Crippen LogP contribution >= 0.6 is 12.4 Å². The van der Waals surface area contributed by atoms with E-state index in [9.17, 15) is 13.2 Å². The van der Waals surface area contributed by atoms with Crippen LogP contribution in [0.5, 0.6) is 0 Å². The van der Waals surface area contributed by atoms with Crippen molar-refractivity contribution in [2.24, 2.45) is 0 Å². The van der Waals surface area contributed by atoms with Gasteiger partial charge in [-0.3, -0.25) is 0 Å². The molecule has 1 fully saturated rings. The van der Waals surface area contributed by atoms with Crippen LogP contribution in [0.4, 0.5) is 13.2 Å². The van der Waals surface area contributed by atoms with E-state index in [0.29, 0.717) is 28.7 Å². The van der Waals surface area contributed by atoms with E-state index >= 15 is 0 Å². The lowest BCUT2D eigenvalue weighted by molar-refractivity contribution is 0.371. The largest absolute Gasteiger partial charge is 0.412 e. The Bertz CT molecular complexity index is 926. The van der Waals surface area contributed by atoms with Crippen LogP contribution in [0.1, 0.15) is 31.5 Å². The summed E-state index contributed by atoms with van der Waals surface area (Å²) >= 11 is 0. The Balaban J connectivity index is 0.00000131. The molecule has 1 aliphatic heterocycles. The second-order valence-corrected chi connectivity index (χ2v) is 6.54. The molecule has 2 aromatic heterocycles. The van der Waals surface area contributed by atoms with Crippen LogP contribution < -0.4 is 5.32 Å². The molecule has 4 rings (SSSR count). The highest BCUT2D eigenvalue weighted by Crippen LogP contribution is 2.29. The van der Waals surface area contributed by atoms with Crippen molar-refractivity contribution in [3.8, 4) is 11.3 Å². The lowest BCUT2D eigenvalue weighted by Gasteiger charge is -2.26. The Labute approximate surface area is 160 Å². The maximum atomic E-state index is 13.5. The van der Waals surface area contributed by atoms with E-state index in [-0.39, 0.29) is 23.4 Å². The topological polar surface area (TPSA) is 85.1 Å². The molecular formula is C18H20ClF3N4O. The van der Waals surface area contributed by atoms with Crippen LogP contribution in [0.3, 0.4) is 0 Å². The van der Waals surface area contributed by atoms with Crippen LogP contribution in [-0.4, -0.2) is 33.0 Å². The fourth-order valence-electron chi connectivity index (χ4n) is 3.36. The van der Waals surface area contributed by atoms with Crippen molar-refractivity contribution in [1.82, 2.24) is 20.3 Å². The Morgan fingerprint density at radius 2 is 1.81 bits per heavy atom. The molecule has 146 valence electrons. The third-order valence-corrected chi connectivity index (χ3v) is 4.67. The van der Waals surface area contributed by atoms with Gasteiger partial charge in [0, 0.05) is 23.2 Å². The molecule has 0 radical (unpaired) electrons. The highest BCUT2D eigenvalue weighted by Gasteiger charge is 2.22. The molecule has 0 aliphatic carbocycles. The molecule has 4 N–H and O–H groups in total. The second-order valence-electron chi connectivity index (χ2n) is 6.54. The molecule has 3 aromatic rings. The number of aromatic amines is 1. The summed E-state index contributed by atoms with van der Waals surface area (Å²) in [5, 5.41) is 3.40. The standard InChI is InChI=1S/C18H17F3N4.ClH.H2O/c1-9-4-10(2-3-22-9)18-23-8-16-15(25-18)7-14(24-16)11-5-12(19)17(21)13(20)6-11;;/h5-10,22,24H,2-4H2,1H3;1H;1H2. The SMILES string of the molecule is CC1CC(c2ncc3[nH]c(-c4cc(F)c(F)c(F)c4)cc3n2)CCN1.Cl.O. The number of nitrogens with zero attached hydrogens (tertiary/aromatic N) is 2. The van der Waals surface area contributed by atoms with E-state index in [1.165, 1.54) is 0 Å². The Hall–Kier alpha value is -2.16. The number of piperidine rings is 1. The third-order valence-electron chi connectivity index (χ3n) is 4.67. The van der Waals surface area contributed by atoms with E-state index in [0.717, 1.165) is 37.3 Å². The van der Waals surface area contributed by atoms with Crippen molar-refractivity contribution in [3.63, 3.8) is 0 Å². The normalized spacial score (nSPS) is 19.4. The van der Waals surface area contributed by atoms with Crippen molar-refractivity contribution < 1.29 is 18.6 Å². The third kappa shape index (κ3) is 4.07. The monoisotopic (exact) mass is 400 g/mol. The quantitative estimate of drug-likeness (QED) is 0.646. The van der Waals surface area contributed by atoms with Gasteiger partial charge in [0.2, 0.25) is 0 Å². The number of benzene rings is 1. The van der Waals surface area contributed by atoms with E-state index in [4.69, 9.17) is 0 Å². The molecule has 2 atom stereocenters. The average Bonchev–Trinajstić information content (AvgIpc) is 3.02. The van der Waals surface area contributed by atoms with E-state index in [1.807, 2.05) is 0 Å². The highest BCUT2D eigenvalue weighted by molar-refractivity contribution is 5.85. The summed E-state index contributed by atoms with van der Waals surface area (Å²) in [4.78, 5) is 12.1. The van der Waals surface area contributed by atoms with Crippen molar-refractivity contribution >= 4 is 23.4 Å². The number of rotatable bonds is 2. The Morgan fingerprint density at radius 3 is 2.48 bits per heavy atom. The first-order valence-electron chi connectivity index (χ1n) is 8.25. The number of hydrogen-bond donors (Lipinski definition) is 2. The predicted octanol–water partition coefficient (Wildman–Crippen LogP) is 3.49. The van der Waals surface area contributed by atoms with Crippen LogP contribution in [0.2, 0.25) is 0 Å². The number of hydrogen-bond acceptors (Lipinski definition) is 3. The zero-order valence-electron chi connectivity index (χ0n) is 14.5. The predicted molar refractivity (Wildman–Crippen MR) is 99.5 cm³/mol. The molecular weight excluding hydrogens is 381 g/mol. The fraction of sp³-hybridized carbons (Fsp3) is 0.333. The molecule has 3 heterocycles. The van der Waals surface area contributed by atoms with Crippen LogP contribution in [0.25, 0.3) is 22.3 Å². The minimum atomic E-state index is -1.47. The Morgan fingerprint density at radius 1 is 1.11 bits per heavy atom. The van der Waals surface area contributed by atoms with Gasteiger partial charge < -0.3 is 15.8 Å². The van der Waals surface area contributed by atoms with Crippen LogP contribution in [0.15, 0.2) is 24.4 Å². The lowest BCUT2D eigenvalue weighted by Crippen LogP contribution is -2.35. The smallest absolute Gasteiger partial charge is 0.194 e. The molecule has 1 aromatic carbocycles. The van der Waals surface area contributed by atoms with Gasteiger partial charge in [0.15, 0.2) is 17.5 Å². The maximum Gasteiger partial charge on any atom is 0.194 e.